The standard InChI is InChI=1S/C12H9NO2S2/c13-17(14,15)8-5-6-12-10(7-8)9-3-1-2-4-11(9)16-12/h1-7H,(H2,13,14,15). The van der Waals surface area contributed by atoms with Crippen molar-refractivity contribution < 1.29 is 8.42 Å². The molecule has 3 rings (SSSR count). The highest BCUT2D eigenvalue weighted by Gasteiger charge is 2.11. The zero-order chi connectivity index (χ0) is 12.0. The number of hydrogen-bond acceptors (Lipinski definition) is 3. The second-order valence-corrected chi connectivity index (χ2v) is 6.45. The van der Waals surface area contributed by atoms with Gasteiger partial charge in [-0.1, -0.05) is 18.2 Å². The minimum Gasteiger partial charge on any atom is -0.225 e. The van der Waals surface area contributed by atoms with E-state index >= 15 is 0 Å². The van der Waals surface area contributed by atoms with E-state index in [1.54, 1.807) is 29.5 Å². The Morgan fingerprint density at radius 2 is 1.65 bits per heavy atom. The van der Waals surface area contributed by atoms with Gasteiger partial charge in [-0.05, 0) is 24.3 Å². The van der Waals surface area contributed by atoms with Crippen LogP contribution in [0.3, 0.4) is 0 Å². The zero-order valence-electron chi connectivity index (χ0n) is 8.75. The molecule has 1 heterocycles. The first-order valence-electron chi connectivity index (χ1n) is 5.00. The summed E-state index contributed by atoms with van der Waals surface area (Å²) in [4.78, 5) is 0.161. The normalized spacial score (nSPS) is 12.3. The van der Waals surface area contributed by atoms with Crippen LogP contribution in [-0.4, -0.2) is 8.42 Å². The predicted octanol–water partition coefficient (Wildman–Crippen LogP) is 2.70. The van der Waals surface area contributed by atoms with E-state index in [-0.39, 0.29) is 4.90 Å². The van der Waals surface area contributed by atoms with Crippen LogP contribution >= 0.6 is 11.3 Å². The van der Waals surface area contributed by atoms with Crippen molar-refractivity contribution in [2.24, 2.45) is 5.14 Å². The van der Waals surface area contributed by atoms with Crippen molar-refractivity contribution >= 4 is 41.5 Å². The fourth-order valence-electron chi connectivity index (χ4n) is 1.88. The molecule has 0 aliphatic heterocycles. The lowest BCUT2D eigenvalue weighted by Crippen LogP contribution is -2.11. The Bertz CT molecular complexity index is 819. The molecule has 3 nitrogen and oxygen atoms in total. The van der Waals surface area contributed by atoms with Gasteiger partial charge in [0.15, 0.2) is 0 Å². The molecular formula is C12H9NO2S2. The molecule has 0 saturated heterocycles. The van der Waals surface area contributed by atoms with Gasteiger partial charge in [0.05, 0.1) is 4.90 Å². The SMILES string of the molecule is NS(=O)(=O)c1ccc2sc3ccccc3c2c1. The molecule has 0 spiro atoms. The van der Waals surface area contributed by atoms with Crippen LogP contribution in [0.5, 0.6) is 0 Å². The van der Waals surface area contributed by atoms with Crippen LogP contribution in [0.4, 0.5) is 0 Å². The lowest BCUT2D eigenvalue weighted by Gasteiger charge is -1.98. The fraction of sp³-hybridized carbons (Fsp3) is 0. The topological polar surface area (TPSA) is 60.2 Å². The number of sulfonamides is 1. The van der Waals surface area contributed by atoms with E-state index in [0.717, 1.165) is 20.2 Å². The molecule has 0 unspecified atom stereocenters. The van der Waals surface area contributed by atoms with E-state index in [9.17, 15) is 8.42 Å². The number of primary sulfonamides is 1. The molecular weight excluding hydrogens is 254 g/mol. The second kappa shape index (κ2) is 3.53. The van der Waals surface area contributed by atoms with Crippen LogP contribution in [-0.2, 0) is 10.0 Å². The zero-order valence-corrected chi connectivity index (χ0v) is 10.4. The highest BCUT2D eigenvalue weighted by Crippen LogP contribution is 2.34. The first kappa shape index (κ1) is 10.7. The third kappa shape index (κ3) is 1.72. The maximum Gasteiger partial charge on any atom is 0.238 e. The minimum atomic E-state index is -3.64. The number of benzene rings is 2. The molecule has 0 bridgehead atoms. The van der Waals surface area contributed by atoms with E-state index in [2.05, 4.69) is 0 Å². The molecule has 0 saturated carbocycles. The number of rotatable bonds is 1. The van der Waals surface area contributed by atoms with Crippen molar-refractivity contribution in [3.63, 3.8) is 0 Å². The lowest BCUT2D eigenvalue weighted by molar-refractivity contribution is 0.598. The van der Waals surface area contributed by atoms with Crippen LogP contribution in [0.15, 0.2) is 47.4 Å². The Hall–Kier alpha value is -1.43. The first-order valence-corrected chi connectivity index (χ1v) is 7.36. The summed E-state index contributed by atoms with van der Waals surface area (Å²) in [7, 11) is -3.64. The quantitative estimate of drug-likeness (QED) is 0.733. The van der Waals surface area contributed by atoms with Gasteiger partial charge in [0.2, 0.25) is 10.0 Å². The summed E-state index contributed by atoms with van der Waals surface area (Å²) in [6, 6.07) is 12.9. The molecule has 0 radical (unpaired) electrons. The van der Waals surface area contributed by atoms with Gasteiger partial charge in [0.1, 0.15) is 0 Å². The summed E-state index contributed by atoms with van der Waals surface area (Å²) in [5.74, 6) is 0. The summed E-state index contributed by atoms with van der Waals surface area (Å²) in [6.45, 7) is 0. The smallest absolute Gasteiger partial charge is 0.225 e. The molecule has 2 aromatic carbocycles. The molecule has 0 fully saturated rings. The van der Waals surface area contributed by atoms with Crippen molar-refractivity contribution in [3.8, 4) is 0 Å². The Morgan fingerprint density at radius 1 is 0.941 bits per heavy atom. The van der Waals surface area contributed by atoms with Crippen molar-refractivity contribution in [2.45, 2.75) is 4.90 Å². The molecule has 17 heavy (non-hydrogen) atoms. The van der Waals surface area contributed by atoms with Crippen LogP contribution in [0.1, 0.15) is 0 Å². The fourth-order valence-corrected chi connectivity index (χ4v) is 3.51. The van der Waals surface area contributed by atoms with Gasteiger partial charge in [-0.25, -0.2) is 13.6 Å². The monoisotopic (exact) mass is 263 g/mol. The van der Waals surface area contributed by atoms with Crippen LogP contribution in [0.2, 0.25) is 0 Å². The maximum atomic E-state index is 11.3. The third-order valence-corrected chi connectivity index (χ3v) is 4.74. The van der Waals surface area contributed by atoms with Gasteiger partial charge < -0.3 is 0 Å². The Labute approximate surface area is 103 Å². The minimum absolute atomic E-state index is 0.161. The van der Waals surface area contributed by atoms with Crippen molar-refractivity contribution in [1.29, 1.82) is 0 Å². The van der Waals surface area contributed by atoms with Gasteiger partial charge >= 0.3 is 0 Å². The highest BCUT2D eigenvalue weighted by molar-refractivity contribution is 7.89. The van der Waals surface area contributed by atoms with E-state index in [1.165, 1.54) is 0 Å². The number of nitrogens with two attached hydrogens (primary N) is 1. The average molecular weight is 263 g/mol. The third-order valence-electron chi connectivity index (χ3n) is 2.68. The van der Waals surface area contributed by atoms with Crippen molar-refractivity contribution in [2.75, 3.05) is 0 Å². The average Bonchev–Trinajstić information content (AvgIpc) is 2.65. The molecule has 3 aromatic rings. The Morgan fingerprint density at radius 3 is 2.41 bits per heavy atom. The number of fused-ring (bicyclic) bond motifs is 3. The molecule has 2 N–H and O–H groups in total. The molecule has 5 heteroatoms. The first-order chi connectivity index (χ1) is 8.05. The molecule has 0 atom stereocenters. The van der Waals surface area contributed by atoms with Gasteiger partial charge in [0.25, 0.3) is 0 Å². The molecule has 0 aliphatic carbocycles. The lowest BCUT2D eigenvalue weighted by atomic mass is 10.1. The van der Waals surface area contributed by atoms with Gasteiger partial charge in [0, 0.05) is 20.2 Å². The predicted molar refractivity (Wildman–Crippen MR) is 70.7 cm³/mol. The second-order valence-electron chi connectivity index (χ2n) is 3.80. The summed E-state index contributed by atoms with van der Waals surface area (Å²) < 4.78 is 24.8. The van der Waals surface area contributed by atoms with E-state index in [4.69, 9.17) is 5.14 Å². The number of thiophene rings is 1. The molecule has 86 valence electrons. The Balaban J connectivity index is 2.46. The molecule has 1 aromatic heterocycles. The highest BCUT2D eigenvalue weighted by atomic mass is 32.2. The van der Waals surface area contributed by atoms with Gasteiger partial charge in [-0.3, -0.25) is 0 Å². The van der Waals surface area contributed by atoms with Gasteiger partial charge in [-0.15, -0.1) is 11.3 Å². The molecule has 0 aliphatic rings. The van der Waals surface area contributed by atoms with Crippen LogP contribution in [0, 0.1) is 0 Å². The van der Waals surface area contributed by atoms with E-state index in [1.807, 2.05) is 24.3 Å². The van der Waals surface area contributed by atoms with E-state index in [0.29, 0.717) is 0 Å². The van der Waals surface area contributed by atoms with Crippen LogP contribution in [0.25, 0.3) is 20.2 Å². The largest absolute Gasteiger partial charge is 0.238 e. The summed E-state index contributed by atoms with van der Waals surface area (Å²) >= 11 is 1.65. The summed E-state index contributed by atoms with van der Waals surface area (Å²) in [5.41, 5.74) is 0. The summed E-state index contributed by atoms with van der Waals surface area (Å²) in [5, 5.41) is 7.15. The van der Waals surface area contributed by atoms with E-state index < -0.39 is 10.0 Å². The van der Waals surface area contributed by atoms with Crippen molar-refractivity contribution in [1.82, 2.24) is 0 Å². The van der Waals surface area contributed by atoms with Crippen molar-refractivity contribution in [3.05, 3.63) is 42.5 Å². The number of hydrogen-bond donors (Lipinski definition) is 1. The molecule has 0 amide bonds. The maximum absolute atomic E-state index is 11.3. The van der Waals surface area contributed by atoms with Crippen LogP contribution < -0.4 is 5.14 Å². The summed E-state index contributed by atoms with van der Waals surface area (Å²) in [6.07, 6.45) is 0. The van der Waals surface area contributed by atoms with Gasteiger partial charge in [-0.2, -0.15) is 0 Å². The Kier molecular flexibility index (Phi) is 2.22.